The lowest BCUT2D eigenvalue weighted by atomic mass is 9.99. The Labute approximate surface area is 99.2 Å². The first-order chi connectivity index (χ1) is 8.01. The van der Waals surface area contributed by atoms with E-state index in [4.69, 9.17) is 14.6 Å². The van der Waals surface area contributed by atoms with Crippen LogP contribution in [0.5, 0.6) is 0 Å². The molecule has 0 spiro atoms. The van der Waals surface area contributed by atoms with Crippen LogP contribution in [0.2, 0.25) is 0 Å². The average molecular weight is 252 g/mol. The second-order valence-electron chi connectivity index (χ2n) is 4.09. The zero-order valence-corrected chi connectivity index (χ0v) is 9.64. The molecule has 7 heteroatoms. The van der Waals surface area contributed by atoms with E-state index in [1.54, 1.807) is 6.92 Å². The van der Waals surface area contributed by atoms with Gasteiger partial charge in [0.05, 0.1) is 19.3 Å². The average Bonchev–Trinajstić information content (AvgIpc) is 2.34. The Morgan fingerprint density at radius 1 is 1.18 bits per heavy atom. The quantitative estimate of drug-likeness (QED) is 0.369. The molecule has 1 fully saturated rings. The van der Waals surface area contributed by atoms with Gasteiger partial charge in [-0.05, 0) is 6.42 Å². The van der Waals surface area contributed by atoms with Crippen molar-refractivity contribution in [3.05, 3.63) is 0 Å². The minimum atomic E-state index is -1.45. The molecule has 1 aliphatic rings. The second-order valence-corrected chi connectivity index (χ2v) is 4.09. The summed E-state index contributed by atoms with van der Waals surface area (Å²) in [5.41, 5.74) is 0. The molecule has 1 rings (SSSR count). The van der Waals surface area contributed by atoms with Crippen molar-refractivity contribution in [2.45, 2.75) is 50.2 Å². The van der Waals surface area contributed by atoms with Crippen LogP contribution in [-0.4, -0.2) is 75.6 Å². The topological polar surface area (TPSA) is 120 Å². The molecule has 1 heterocycles. The Kier molecular flexibility index (Phi) is 5.74. The van der Waals surface area contributed by atoms with Crippen LogP contribution in [0.15, 0.2) is 0 Å². The Morgan fingerprint density at radius 3 is 2.35 bits per heavy atom. The zero-order chi connectivity index (χ0) is 13.0. The van der Waals surface area contributed by atoms with E-state index in [9.17, 15) is 20.4 Å². The third kappa shape index (κ3) is 3.59. The highest BCUT2D eigenvalue weighted by molar-refractivity contribution is 4.88. The first-order valence-electron chi connectivity index (χ1n) is 5.61. The molecule has 102 valence electrons. The number of hydrogen-bond donors (Lipinski definition) is 5. The van der Waals surface area contributed by atoms with E-state index in [1.165, 1.54) is 0 Å². The third-order valence-electron chi connectivity index (χ3n) is 2.77. The number of aliphatic hydroxyl groups excluding tert-OH is 5. The van der Waals surface area contributed by atoms with Gasteiger partial charge in [0.25, 0.3) is 0 Å². The molecule has 0 bridgehead atoms. The molecule has 0 aromatic carbocycles. The molecule has 5 N–H and O–H groups in total. The lowest BCUT2D eigenvalue weighted by Gasteiger charge is -2.39. The van der Waals surface area contributed by atoms with Crippen molar-refractivity contribution in [2.75, 3.05) is 13.2 Å². The molecular weight excluding hydrogens is 232 g/mol. The van der Waals surface area contributed by atoms with E-state index in [0.29, 0.717) is 6.42 Å². The lowest BCUT2D eigenvalue weighted by Crippen LogP contribution is -2.59. The maximum Gasteiger partial charge on any atom is 0.186 e. The van der Waals surface area contributed by atoms with Crippen LogP contribution in [0.4, 0.5) is 0 Å². The smallest absolute Gasteiger partial charge is 0.186 e. The van der Waals surface area contributed by atoms with Crippen molar-refractivity contribution >= 4 is 0 Å². The van der Waals surface area contributed by atoms with Gasteiger partial charge < -0.3 is 35.0 Å². The van der Waals surface area contributed by atoms with Crippen LogP contribution >= 0.6 is 0 Å². The number of hydrogen-bond acceptors (Lipinski definition) is 7. The summed E-state index contributed by atoms with van der Waals surface area (Å²) in [5, 5.41) is 46.8. The molecule has 1 saturated heterocycles. The monoisotopic (exact) mass is 252 g/mol. The Balaban J connectivity index is 2.53. The van der Waals surface area contributed by atoms with Gasteiger partial charge in [-0.25, -0.2) is 0 Å². The summed E-state index contributed by atoms with van der Waals surface area (Å²) < 4.78 is 10.2. The van der Waals surface area contributed by atoms with Crippen molar-refractivity contribution in [3.8, 4) is 0 Å². The van der Waals surface area contributed by atoms with E-state index in [1.807, 2.05) is 0 Å². The molecular formula is C10H20O7. The number of ether oxygens (including phenoxy) is 2. The van der Waals surface area contributed by atoms with Crippen molar-refractivity contribution in [1.29, 1.82) is 0 Å². The maximum absolute atomic E-state index is 9.58. The summed E-state index contributed by atoms with van der Waals surface area (Å²) in [6.07, 6.45) is -6.64. The van der Waals surface area contributed by atoms with Gasteiger partial charge in [0.1, 0.15) is 24.4 Å². The van der Waals surface area contributed by atoms with Crippen LogP contribution < -0.4 is 0 Å². The molecule has 1 aliphatic heterocycles. The summed E-state index contributed by atoms with van der Waals surface area (Å²) in [5.74, 6) is 0. The van der Waals surface area contributed by atoms with Gasteiger partial charge in [-0.2, -0.15) is 0 Å². The van der Waals surface area contributed by atoms with Gasteiger partial charge in [0.2, 0.25) is 0 Å². The molecule has 0 aromatic heterocycles. The predicted octanol–water partition coefficient (Wildman–Crippen LogP) is -2.43. The Hall–Kier alpha value is -0.280. The maximum atomic E-state index is 9.58. The SMILES string of the molecule is CCC(O)COC1OC(CO)[C@H](O)[C@H](O)[C@H]1O. The van der Waals surface area contributed by atoms with Crippen LogP contribution in [0.3, 0.4) is 0 Å². The van der Waals surface area contributed by atoms with Gasteiger partial charge in [0, 0.05) is 0 Å². The highest BCUT2D eigenvalue weighted by Crippen LogP contribution is 2.22. The summed E-state index contributed by atoms with van der Waals surface area (Å²) >= 11 is 0. The molecule has 6 atom stereocenters. The first-order valence-corrected chi connectivity index (χ1v) is 5.61. The molecule has 0 aromatic rings. The number of aliphatic hydroxyl groups is 5. The van der Waals surface area contributed by atoms with Gasteiger partial charge in [-0.15, -0.1) is 0 Å². The van der Waals surface area contributed by atoms with Gasteiger partial charge >= 0.3 is 0 Å². The predicted molar refractivity (Wildman–Crippen MR) is 56.0 cm³/mol. The van der Waals surface area contributed by atoms with E-state index in [2.05, 4.69) is 0 Å². The van der Waals surface area contributed by atoms with Gasteiger partial charge in [0.15, 0.2) is 6.29 Å². The van der Waals surface area contributed by atoms with Crippen molar-refractivity contribution in [3.63, 3.8) is 0 Å². The normalized spacial score (nSPS) is 40.2. The van der Waals surface area contributed by atoms with Crippen molar-refractivity contribution in [2.24, 2.45) is 0 Å². The lowest BCUT2D eigenvalue weighted by molar-refractivity contribution is -0.304. The van der Waals surface area contributed by atoms with Crippen molar-refractivity contribution in [1.82, 2.24) is 0 Å². The van der Waals surface area contributed by atoms with Crippen molar-refractivity contribution < 1.29 is 35.0 Å². The third-order valence-corrected chi connectivity index (χ3v) is 2.77. The molecule has 0 radical (unpaired) electrons. The highest BCUT2D eigenvalue weighted by Gasteiger charge is 2.44. The second kappa shape index (κ2) is 6.60. The van der Waals surface area contributed by atoms with Gasteiger partial charge in [-0.1, -0.05) is 6.92 Å². The minimum absolute atomic E-state index is 0.0564. The molecule has 0 saturated carbocycles. The molecule has 7 nitrogen and oxygen atoms in total. The van der Waals surface area contributed by atoms with Gasteiger partial charge in [-0.3, -0.25) is 0 Å². The van der Waals surface area contributed by atoms with E-state index >= 15 is 0 Å². The Morgan fingerprint density at radius 2 is 1.82 bits per heavy atom. The molecule has 0 aliphatic carbocycles. The number of rotatable bonds is 5. The highest BCUT2D eigenvalue weighted by atomic mass is 16.7. The largest absolute Gasteiger partial charge is 0.394 e. The van der Waals surface area contributed by atoms with E-state index in [-0.39, 0.29) is 6.61 Å². The van der Waals surface area contributed by atoms with Crippen LogP contribution in [0.25, 0.3) is 0 Å². The Bertz CT molecular complexity index is 223. The fourth-order valence-electron chi connectivity index (χ4n) is 1.53. The minimum Gasteiger partial charge on any atom is -0.394 e. The summed E-state index contributed by atoms with van der Waals surface area (Å²) in [6.45, 7) is 1.21. The van der Waals surface area contributed by atoms with Crippen LogP contribution in [0.1, 0.15) is 13.3 Å². The van der Waals surface area contributed by atoms with Crippen LogP contribution in [-0.2, 0) is 9.47 Å². The van der Waals surface area contributed by atoms with E-state index in [0.717, 1.165) is 0 Å². The molecule has 3 unspecified atom stereocenters. The summed E-state index contributed by atoms with van der Waals surface area (Å²) in [4.78, 5) is 0. The zero-order valence-electron chi connectivity index (χ0n) is 9.64. The molecule has 0 amide bonds. The first kappa shape index (κ1) is 14.8. The fourth-order valence-corrected chi connectivity index (χ4v) is 1.53. The summed E-state index contributed by atoms with van der Waals surface area (Å²) in [6, 6.07) is 0. The fraction of sp³-hybridized carbons (Fsp3) is 1.00. The molecule has 17 heavy (non-hydrogen) atoms. The van der Waals surface area contributed by atoms with Crippen LogP contribution in [0, 0.1) is 0 Å². The van der Waals surface area contributed by atoms with E-state index < -0.39 is 43.4 Å². The standard InChI is InChI=1S/C10H20O7/c1-2-5(12)4-16-10-9(15)8(14)7(13)6(3-11)17-10/h5-15H,2-4H2,1H3/t5?,6?,7-,8-,9+,10?/m0/s1. The summed E-state index contributed by atoms with van der Waals surface area (Å²) in [7, 11) is 0.